The molecule has 0 spiro atoms. The van der Waals surface area contributed by atoms with Gasteiger partial charge in [-0.05, 0) is 48.2 Å². The van der Waals surface area contributed by atoms with E-state index in [-0.39, 0.29) is 5.41 Å². The Bertz CT molecular complexity index is 800. The van der Waals surface area contributed by atoms with E-state index in [9.17, 15) is 0 Å². The highest BCUT2D eigenvalue weighted by Crippen LogP contribution is 2.39. The van der Waals surface area contributed by atoms with Crippen molar-refractivity contribution in [3.8, 4) is 11.5 Å². The van der Waals surface area contributed by atoms with Gasteiger partial charge >= 0.3 is 0 Å². The molecule has 4 rings (SSSR count). The fourth-order valence-corrected chi connectivity index (χ4v) is 4.26. The van der Waals surface area contributed by atoms with Crippen LogP contribution in [0.4, 0.5) is 0 Å². The van der Waals surface area contributed by atoms with E-state index in [4.69, 9.17) is 32.7 Å². The van der Waals surface area contributed by atoms with Gasteiger partial charge in [0.2, 0.25) is 0 Å². The summed E-state index contributed by atoms with van der Waals surface area (Å²) in [6, 6.07) is 16.0. The Kier molecular flexibility index (Phi) is 5.12. The van der Waals surface area contributed by atoms with Crippen molar-refractivity contribution in [2.75, 3.05) is 13.2 Å². The molecule has 2 aromatic carbocycles. The largest absolute Gasteiger partial charge is 0.488 e. The summed E-state index contributed by atoms with van der Waals surface area (Å²) >= 11 is 13.7. The Balaban J connectivity index is 1.62. The Morgan fingerprint density at radius 3 is 1.58 bits per heavy atom. The standard InChI is InChI=1S/C21H18Cl2O2S/c22-17-5-1-15(2-6-17)9-21(10-16-3-7-18(23)8-4-16)13-24-19-11-26-12-20(19)25-14-21/h1-8,11-12H,9-10,13-14H2. The molecule has 5 heteroatoms. The third kappa shape index (κ3) is 4.01. The predicted octanol–water partition coefficient (Wildman–Crippen LogP) is 6.30. The van der Waals surface area contributed by atoms with Crippen molar-refractivity contribution >= 4 is 34.5 Å². The molecule has 0 unspecified atom stereocenters. The number of hydrogen-bond donors (Lipinski definition) is 0. The van der Waals surface area contributed by atoms with Gasteiger partial charge in [0.25, 0.3) is 0 Å². The number of halogens is 2. The van der Waals surface area contributed by atoms with E-state index in [1.54, 1.807) is 11.3 Å². The number of hydrogen-bond acceptors (Lipinski definition) is 3. The van der Waals surface area contributed by atoms with Crippen molar-refractivity contribution in [1.29, 1.82) is 0 Å². The topological polar surface area (TPSA) is 18.5 Å². The third-order valence-corrected chi connectivity index (χ3v) is 5.85. The first-order valence-corrected chi connectivity index (χ1v) is 10.1. The Labute approximate surface area is 167 Å². The van der Waals surface area contributed by atoms with Crippen LogP contribution >= 0.6 is 34.5 Å². The highest BCUT2D eigenvalue weighted by atomic mass is 35.5. The first-order chi connectivity index (χ1) is 12.6. The lowest BCUT2D eigenvalue weighted by Gasteiger charge is -2.31. The summed E-state index contributed by atoms with van der Waals surface area (Å²) in [4.78, 5) is 0. The maximum absolute atomic E-state index is 6.13. The van der Waals surface area contributed by atoms with Gasteiger partial charge in [0, 0.05) is 26.2 Å². The lowest BCUT2D eigenvalue weighted by Crippen LogP contribution is -2.38. The molecule has 1 aromatic heterocycles. The van der Waals surface area contributed by atoms with Crippen LogP contribution in [0, 0.1) is 5.41 Å². The van der Waals surface area contributed by atoms with Crippen LogP contribution in [0.5, 0.6) is 11.5 Å². The second kappa shape index (κ2) is 7.51. The van der Waals surface area contributed by atoms with Gasteiger partial charge in [0.1, 0.15) is 0 Å². The van der Waals surface area contributed by atoms with Crippen molar-refractivity contribution in [2.45, 2.75) is 12.8 Å². The SMILES string of the molecule is Clc1ccc(CC2(Cc3ccc(Cl)cc3)COc3cscc3OC2)cc1. The molecule has 2 heterocycles. The Morgan fingerprint density at radius 2 is 1.15 bits per heavy atom. The molecule has 1 aliphatic rings. The van der Waals surface area contributed by atoms with Crippen LogP contribution in [0.1, 0.15) is 11.1 Å². The average molecular weight is 405 g/mol. The van der Waals surface area contributed by atoms with E-state index in [0.29, 0.717) is 13.2 Å². The highest BCUT2D eigenvalue weighted by molar-refractivity contribution is 7.08. The smallest absolute Gasteiger partial charge is 0.171 e. The van der Waals surface area contributed by atoms with E-state index in [0.717, 1.165) is 34.4 Å². The quantitative estimate of drug-likeness (QED) is 0.507. The molecule has 0 saturated heterocycles. The van der Waals surface area contributed by atoms with Crippen LogP contribution in [0.3, 0.4) is 0 Å². The zero-order chi connectivity index (χ0) is 18.0. The van der Waals surface area contributed by atoms with E-state index in [2.05, 4.69) is 24.3 Å². The van der Waals surface area contributed by atoms with Crippen LogP contribution in [-0.2, 0) is 12.8 Å². The first-order valence-electron chi connectivity index (χ1n) is 8.43. The number of ether oxygens (including phenoxy) is 2. The van der Waals surface area contributed by atoms with E-state index in [1.165, 1.54) is 11.1 Å². The van der Waals surface area contributed by atoms with Crippen molar-refractivity contribution in [2.24, 2.45) is 5.41 Å². The van der Waals surface area contributed by atoms with E-state index < -0.39 is 0 Å². The Morgan fingerprint density at radius 1 is 0.731 bits per heavy atom. The van der Waals surface area contributed by atoms with Gasteiger partial charge < -0.3 is 9.47 Å². The second-order valence-electron chi connectivity index (χ2n) is 6.78. The van der Waals surface area contributed by atoms with Crippen LogP contribution in [-0.4, -0.2) is 13.2 Å². The monoisotopic (exact) mass is 404 g/mol. The molecule has 0 fully saturated rings. The lowest BCUT2D eigenvalue weighted by atomic mass is 9.77. The molecular weight excluding hydrogens is 387 g/mol. The number of fused-ring (bicyclic) bond motifs is 1. The van der Waals surface area contributed by atoms with Gasteiger partial charge in [0.15, 0.2) is 11.5 Å². The number of benzene rings is 2. The molecule has 0 radical (unpaired) electrons. The van der Waals surface area contributed by atoms with Gasteiger partial charge in [-0.1, -0.05) is 47.5 Å². The maximum atomic E-state index is 6.13. The molecule has 1 aliphatic heterocycles. The van der Waals surface area contributed by atoms with Crippen LogP contribution in [0.25, 0.3) is 0 Å². The normalized spacial score (nSPS) is 15.5. The molecular formula is C21H18Cl2O2S. The molecule has 0 N–H and O–H groups in total. The third-order valence-electron chi connectivity index (χ3n) is 4.65. The van der Waals surface area contributed by atoms with Crippen LogP contribution in [0.15, 0.2) is 59.3 Å². The predicted molar refractivity (Wildman–Crippen MR) is 108 cm³/mol. The fourth-order valence-electron chi connectivity index (χ4n) is 3.32. The van der Waals surface area contributed by atoms with E-state index >= 15 is 0 Å². The minimum atomic E-state index is -0.168. The minimum Gasteiger partial charge on any atom is -0.488 e. The van der Waals surface area contributed by atoms with Crippen molar-refractivity contribution in [3.05, 3.63) is 80.5 Å². The molecule has 26 heavy (non-hydrogen) atoms. The van der Waals surface area contributed by atoms with Crippen molar-refractivity contribution in [3.63, 3.8) is 0 Å². The summed E-state index contributed by atoms with van der Waals surface area (Å²) < 4.78 is 12.3. The number of thiophene rings is 1. The van der Waals surface area contributed by atoms with Gasteiger partial charge in [-0.15, -0.1) is 11.3 Å². The lowest BCUT2D eigenvalue weighted by molar-refractivity contribution is 0.103. The molecule has 0 saturated carbocycles. The van der Waals surface area contributed by atoms with E-state index in [1.807, 2.05) is 35.0 Å². The summed E-state index contributed by atoms with van der Waals surface area (Å²) in [6.07, 6.45) is 1.70. The van der Waals surface area contributed by atoms with Gasteiger partial charge in [0.05, 0.1) is 13.2 Å². The molecule has 2 nitrogen and oxygen atoms in total. The molecule has 0 atom stereocenters. The summed E-state index contributed by atoms with van der Waals surface area (Å²) in [5, 5.41) is 5.48. The number of rotatable bonds is 4. The van der Waals surface area contributed by atoms with Crippen molar-refractivity contribution < 1.29 is 9.47 Å². The van der Waals surface area contributed by atoms with Crippen molar-refractivity contribution in [1.82, 2.24) is 0 Å². The molecule has 0 amide bonds. The zero-order valence-electron chi connectivity index (χ0n) is 14.1. The van der Waals surface area contributed by atoms with Gasteiger partial charge in [-0.2, -0.15) is 0 Å². The van der Waals surface area contributed by atoms with Gasteiger partial charge in [-0.25, -0.2) is 0 Å². The average Bonchev–Trinajstić information content (AvgIpc) is 3.03. The summed E-state index contributed by atoms with van der Waals surface area (Å²) in [7, 11) is 0. The Hall–Kier alpha value is -1.68. The zero-order valence-corrected chi connectivity index (χ0v) is 16.4. The van der Waals surface area contributed by atoms with Crippen LogP contribution < -0.4 is 9.47 Å². The second-order valence-corrected chi connectivity index (χ2v) is 8.40. The molecule has 0 bridgehead atoms. The summed E-state index contributed by atoms with van der Waals surface area (Å²) in [5.74, 6) is 1.67. The van der Waals surface area contributed by atoms with Crippen LogP contribution in [0.2, 0.25) is 10.0 Å². The molecule has 134 valence electrons. The van der Waals surface area contributed by atoms with Gasteiger partial charge in [-0.3, -0.25) is 0 Å². The summed E-state index contributed by atoms with van der Waals surface area (Å²) in [6.45, 7) is 1.20. The maximum Gasteiger partial charge on any atom is 0.171 e. The molecule has 3 aromatic rings. The fraction of sp³-hybridized carbons (Fsp3) is 0.238. The highest BCUT2D eigenvalue weighted by Gasteiger charge is 2.36. The minimum absolute atomic E-state index is 0.168. The summed E-state index contributed by atoms with van der Waals surface area (Å²) in [5.41, 5.74) is 2.28. The first kappa shape index (κ1) is 17.7. The molecule has 0 aliphatic carbocycles.